The second kappa shape index (κ2) is 12.0. The third kappa shape index (κ3) is 6.71. The molecule has 0 saturated carbocycles. The van der Waals surface area contributed by atoms with E-state index in [2.05, 4.69) is 0 Å². The summed E-state index contributed by atoms with van der Waals surface area (Å²) in [5, 5.41) is 0.650. The maximum Gasteiger partial charge on any atom is 0.227 e. The molecule has 8 heteroatoms. The first-order valence-corrected chi connectivity index (χ1v) is 12.9. The fraction of sp³-hybridized carbons (Fsp3) is 0.500. The molecule has 2 saturated heterocycles. The summed E-state index contributed by atoms with van der Waals surface area (Å²) in [6.07, 6.45) is 2.10. The molecule has 194 valence electrons. The van der Waals surface area contributed by atoms with Crippen molar-refractivity contribution in [3.63, 3.8) is 0 Å². The highest BCUT2D eigenvalue weighted by atomic mass is 35.5. The molecule has 0 aliphatic carbocycles. The van der Waals surface area contributed by atoms with Gasteiger partial charge < -0.3 is 24.0 Å². The smallest absolute Gasteiger partial charge is 0.227 e. The van der Waals surface area contributed by atoms with Gasteiger partial charge in [-0.25, -0.2) is 0 Å². The third-order valence-corrected chi connectivity index (χ3v) is 7.46. The number of nitrogens with zero attached hydrogens (tertiary/aromatic N) is 2. The molecule has 7 nitrogen and oxygen atoms in total. The van der Waals surface area contributed by atoms with Crippen LogP contribution in [0.3, 0.4) is 0 Å². The SMILES string of the molecule is COc1ccc(C)cc1CC(=O)N1CCC(COc2ccc(Cl)cc2)(CC(=O)N2CCOCC2)CC1. The summed E-state index contributed by atoms with van der Waals surface area (Å²) < 4.78 is 17.0. The van der Waals surface area contributed by atoms with E-state index in [1.54, 1.807) is 19.2 Å². The number of hydrogen-bond acceptors (Lipinski definition) is 5. The summed E-state index contributed by atoms with van der Waals surface area (Å²) in [7, 11) is 1.63. The van der Waals surface area contributed by atoms with Crippen LogP contribution >= 0.6 is 11.6 Å². The lowest BCUT2D eigenvalue weighted by molar-refractivity contribution is -0.140. The van der Waals surface area contributed by atoms with Crippen molar-refractivity contribution in [3.05, 3.63) is 58.6 Å². The van der Waals surface area contributed by atoms with Crippen molar-refractivity contribution in [3.8, 4) is 11.5 Å². The van der Waals surface area contributed by atoms with E-state index in [4.69, 9.17) is 25.8 Å². The Morgan fingerprint density at radius 2 is 1.64 bits per heavy atom. The largest absolute Gasteiger partial charge is 0.496 e. The van der Waals surface area contributed by atoms with Gasteiger partial charge in [0.2, 0.25) is 11.8 Å². The fourth-order valence-corrected chi connectivity index (χ4v) is 5.06. The van der Waals surface area contributed by atoms with Gasteiger partial charge in [0, 0.05) is 48.6 Å². The maximum atomic E-state index is 13.2. The lowest BCUT2D eigenvalue weighted by atomic mass is 9.75. The number of rotatable bonds is 8. The van der Waals surface area contributed by atoms with Crippen molar-refractivity contribution in [2.24, 2.45) is 5.41 Å². The van der Waals surface area contributed by atoms with Crippen molar-refractivity contribution in [1.82, 2.24) is 9.80 Å². The molecule has 0 aromatic heterocycles. The van der Waals surface area contributed by atoms with E-state index < -0.39 is 0 Å². The van der Waals surface area contributed by atoms with Crippen LogP contribution in [-0.2, 0) is 20.7 Å². The molecule has 2 aliphatic heterocycles. The Balaban J connectivity index is 1.42. The molecule has 2 aromatic rings. The molecule has 0 spiro atoms. The van der Waals surface area contributed by atoms with E-state index in [1.807, 2.05) is 47.1 Å². The third-order valence-electron chi connectivity index (χ3n) is 7.20. The van der Waals surface area contributed by atoms with Crippen LogP contribution in [0.2, 0.25) is 5.02 Å². The minimum atomic E-state index is -0.340. The second-order valence-electron chi connectivity index (χ2n) is 9.79. The van der Waals surface area contributed by atoms with Crippen LogP contribution in [0.5, 0.6) is 11.5 Å². The Morgan fingerprint density at radius 3 is 2.31 bits per heavy atom. The number of hydrogen-bond donors (Lipinski definition) is 0. The molecule has 0 N–H and O–H groups in total. The van der Waals surface area contributed by atoms with Crippen LogP contribution < -0.4 is 9.47 Å². The van der Waals surface area contributed by atoms with Crippen molar-refractivity contribution in [2.75, 3.05) is 53.1 Å². The topological polar surface area (TPSA) is 68.3 Å². The molecule has 0 bridgehead atoms. The van der Waals surface area contributed by atoms with Gasteiger partial charge in [0.15, 0.2) is 0 Å². The highest BCUT2D eigenvalue weighted by molar-refractivity contribution is 6.30. The van der Waals surface area contributed by atoms with Crippen molar-refractivity contribution < 1.29 is 23.8 Å². The van der Waals surface area contributed by atoms with Gasteiger partial charge in [-0.2, -0.15) is 0 Å². The van der Waals surface area contributed by atoms with E-state index in [-0.39, 0.29) is 17.2 Å². The van der Waals surface area contributed by atoms with Gasteiger partial charge >= 0.3 is 0 Å². The number of benzene rings is 2. The number of ether oxygens (including phenoxy) is 3. The van der Waals surface area contributed by atoms with Crippen molar-refractivity contribution >= 4 is 23.4 Å². The monoisotopic (exact) mass is 514 g/mol. The van der Waals surface area contributed by atoms with Gasteiger partial charge in [0.25, 0.3) is 0 Å². The Kier molecular flexibility index (Phi) is 8.75. The molecule has 36 heavy (non-hydrogen) atoms. The molecule has 2 amide bonds. The van der Waals surface area contributed by atoms with E-state index in [1.165, 1.54) is 0 Å². The number of aryl methyl sites for hydroxylation is 1. The summed E-state index contributed by atoms with van der Waals surface area (Å²) in [5.74, 6) is 1.66. The highest BCUT2D eigenvalue weighted by Crippen LogP contribution is 2.37. The van der Waals surface area contributed by atoms with Crippen LogP contribution in [0.15, 0.2) is 42.5 Å². The Labute approximate surface area is 218 Å². The predicted molar refractivity (Wildman–Crippen MR) is 139 cm³/mol. The first kappa shape index (κ1) is 26.3. The Bertz CT molecular complexity index is 1040. The number of halogens is 1. The lowest BCUT2D eigenvalue weighted by Gasteiger charge is -2.42. The second-order valence-corrected chi connectivity index (χ2v) is 10.2. The summed E-state index contributed by atoms with van der Waals surface area (Å²) in [6.45, 7) is 6.00. The molecule has 0 atom stereocenters. The van der Waals surface area contributed by atoms with Gasteiger partial charge in [0.05, 0.1) is 33.4 Å². The summed E-state index contributed by atoms with van der Waals surface area (Å²) >= 11 is 6.01. The highest BCUT2D eigenvalue weighted by Gasteiger charge is 2.40. The number of piperidine rings is 1. The molecular formula is C28H35ClN2O5. The molecule has 0 unspecified atom stereocenters. The zero-order valence-electron chi connectivity index (χ0n) is 21.1. The number of methoxy groups -OCH3 is 1. The normalized spacial score (nSPS) is 17.5. The predicted octanol–water partition coefficient (Wildman–Crippen LogP) is 4.14. The molecular weight excluding hydrogens is 480 g/mol. The molecule has 2 fully saturated rings. The van der Waals surface area contributed by atoms with Crippen LogP contribution in [0.4, 0.5) is 0 Å². The first-order chi connectivity index (χ1) is 17.4. The van der Waals surface area contributed by atoms with E-state index >= 15 is 0 Å². The Morgan fingerprint density at radius 1 is 0.972 bits per heavy atom. The number of carbonyl (C=O) groups is 2. The summed E-state index contributed by atoms with van der Waals surface area (Å²) in [6, 6.07) is 13.2. The van der Waals surface area contributed by atoms with Crippen LogP contribution in [0, 0.1) is 12.3 Å². The lowest BCUT2D eigenvalue weighted by Crippen LogP contribution is -2.49. The average Bonchev–Trinajstić information content (AvgIpc) is 2.89. The minimum Gasteiger partial charge on any atom is -0.496 e. The van der Waals surface area contributed by atoms with E-state index in [9.17, 15) is 9.59 Å². The zero-order chi connectivity index (χ0) is 25.5. The molecule has 4 rings (SSSR count). The standard InChI is InChI=1S/C28H35ClN2O5/c1-21-3-8-25(34-2)22(17-21)18-26(32)30-11-9-28(10-12-30,19-27(33)31-13-15-35-16-14-31)20-36-24-6-4-23(29)5-7-24/h3-8,17H,9-16,18-20H2,1-2H3. The zero-order valence-corrected chi connectivity index (χ0v) is 21.9. The average molecular weight is 515 g/mol. The van der Waals surface area contributed by atoms with Crippen LogP contribution in [-0.4, -0.2) is 74.7 Å². The van der Waals surface area contributed by atoms with E-state index in [0.717, 1.165) is 22.6 Å². The number of amides is 2. The first-order valence-electron chi connectivity index (χ1n) is 12.5. The van der Waals surface area contributed by atoms with E-state index in [0.29, 0.717) is 76.7 Å². The number of morpholine rings is 1. The molecule has 2 aliphatic rings. The van der Waals surface area contributed by atoms with Gasteiger partial charge in [-0.1, -0.05) is 29.3 Å². The van der Waals surface area contributed by atoms with Crippen molar-refractivity contribution in [1.29, 1.82) is 0 Å². The van der Waals surface area contributed by atoms with Gasteiger partial charge in [-0.3, -0.25) is 9.59 Å². The van der Waals surface area contributed by atoms with Gasteiger partial charge in [-0.15, -0.1) is 0 Å². The van der Waals surface area contributed by atoms with Crippen LogP contribution in [0.1, 0.15) is 30.4 Å². The summed E-state index contributed by atoms with van der Waals surface area (Å²) in [4.78, 5) is 30.2. The van der Waals surface area contributed by atoms with Crippen molar-refractivity contribution in [2.45, 2.75) is 32.6 Å². The molecule has 2 aromatic carbocycles. The van der Waals surface area contributed by atoms with Gasteiger partial charge in [0.1, 0.15) is 11.5 Å². The molecule has 2 heterocycles. The van der Waals surface area contributed by atoms with Crippen LogP contribution in [0.25, 0.3) is 0 Å². The quantitative estimate of drug-likeness (QED) is 0.529. The minimum absolute atomic E-state index is 0.0747. The summed E-state index contributed by atoms with van der Waals surface area (Å²) in [5.41, 5.74) is 1.65. The number of carbonyl (C=O) groups excluding carboxylic acids is 2. The Hall–Kier alpha value is -2.77. The number of likely N-dealkylation sites (tertiary alicyclic amines) is 1. The molecule has 0 radical (unpaired) electrons. The fourth-order valence-electron chi connectivity index (χ4n) is 4.94. The maximum absolute atomic E-state index is 13.2. The van der Waals surface area contributed by atoms with Gasteiger partial charge in [-0.05, 0) is 50.1 Å².